The average molecular weight is 337 g/mol. The molecule has 0 atom stereocenters. The van der Waals surface area contributed by atoms with E-state index in [0.29, 0.717) is 12.1 Å². The van der Waals surface area contributed by atoms with E-state index in [1.807, 2.05) is 13.1 Å². The van der Waals surface area contributed by atoms with Gasteiger partial charge in [-0.1, -0.05) is 12.1 Å². The molecule has 0 fully saturated rings. The third-order valence-corrected chi connectivity index (χ3v) is 3.46. The van der Waals surface area contributed by atoms with Gasteiger partial charge in [-0.3, -0.25) is 9.48 Å². The Morgan fingerprint density at radius 2 is 1.96 bits per heavy atom. The highest BCUT2D eigenvalue weighted by Gasteiger charge is 2.29. The van der Waals surface area contributed by atoms with Gasteiger partial charge in [-0.25, -0.2) is 0 Å². The summed E-state index contributed by atoms with van der Waals surface area (Å²) in [7, 11) is 1.66. The van der Waals surface area contributed by atoms with Crippen LogP contribution in [0.3, 0.4) is 0 Å². The zero-order chi connectivity index (χ0) is 17.7. The van der Waals surface area contributed by atoms with Crippen molar-refractivity contribution in [2.45, 2.75) is 26.2 Å². The molecule has 1 aromatic carbocycles. The number of halogens is 3. The van der Waals surface area contributed by atoms with Crippen molar-refractivity contribution in [3.05, 3.63) is 59.4 Å². The Morgan fingerprint density at radius 3 is 2.50 bits per heavy atom. The number of aromatic nitrogens is 2. The first-order chi connectivity index (χ1) is 11.3. The molecule has 1 amide bonds. The molecule has 0 saturated heterocycles. The second-order valence-corrected chi connectivity index (χ2v) is 5.35. The number of carbonyl (C=O) groups is 1. The van der Waals surface area contributed by atoms with E-state index in [2.05, 4.69) is 5.10 Å². The predicted molar refractivity (Wildman–Crippen MR) is 84.9 cm³/mol. The maximum Gasteiger partial charge on any atom is 0.416 e. The first-order valence-electron chi connectivity index (χ1n) is 7.41. The summed E-state index contributed by atoms with van der Waals surface area (Å²) in [5.74, 6) is -0.237. The normalized spacial score (nSPS) is 11.9. The Kier molecular flexibility index (Phi) is 5.43. The van der Waals surface area contributed by atoms with Gasteiger partial charge in [0.25, 0.3) is 0 Å². The van der Waals surface area contributed by atoms with Gasteiger partial charge >= 0.3 is 6.18 Å². The van der Waals surface area contributed by atoms with Crippen molar-refractivity contribution in [3.63, 3.8) is 0 Å². The number of benzene rings is 1. The maximum absolute atomic E-state index is 12.5. The van der Waals surface area contributed by atoms with E-state index in [9.17, 15) is 18.0 Å². The summed E-state index contributed by atoms with van der Waals surface area (Å²) in [6, 6.07) is 4.65. The van der Waals surface area contributed by atoms with Gasteiger partial charge < -0.3 is 4.90 Å². The van der Waals surface area contributed by atoms with Crippen molar-refractivity contribution >= 4 is 12.0 Å². The first-order valence-corrected chi connectivity index (χ1v) is 7.41. The van der Waals surface area contributed by atoms with Crippen LogP contribution >= 0.6 is 0 Å². The minimum atomic E-state index is -4.36. The van der Waals surface area contributed by atoms with Crippen LogP contribution in [0.1, 0.15) is 23.6 Å². The third-order valence-electron chi connectivity index (χ3n) is 3.46. The topological polar surface area (TPSA) is 38.1 Å². The van der Waals surface area contributed by atoms with Crippen molar-refractivity contribution in [1.82, 2.24) is 14.7 Å². The van der Waals surface area contributed by atoms with Crippen molar-refractivity contribution in [2.75, 3.05) is 7.05 Å². The summed E-state index contributed by atoms with van der Waals surface area (Å²) in [6.07, 6.45) is 2.04. The highest BCUT2D eigenvalue weighted by Crippen LogP contribution is 2.29. The van der Waals surface area contributed by atoms with E-state index >= 15 is 0 Å². The fraction of sp³-hybridized carbons (Fsp3) is 0.294. The molecule has 128 valence electrons. The highest BCUT2D eigenvalue weighted by atomic mass is 19.4. The molecule has 0 unspecified atom stereocenters. The Morgan fingerprint density at radius 1 is 1.29 bits per heavy atom. The van der Waals surface area contributed by atoms with Gasteiger partial charge in [0.1, 0.15) is 0 Å². The highest BCUT2D eigenvalue weighted by molar-refractivity contribution is 5.91. The number of alkyl halides is 3. The van der Waals surface area contributed by atoms with E-state index in [-0.39, 0.29) is 5.91 Å². The lowest BCUT2D eigenvalue weighted by atomic mass is 10.1. The third kappa shape index (κ3) is 4.71. The molecule has 0 radical (unpaired) electrons. The Bertz CT molecular complexity index is 717. The van der Waals surface area contributed by atoms with E-state index < -0.39 is 11.7 Å². The van der Waals surface area contributed by atoms with Gasteiger partial charge in [0, 0.05) is 38.0 Å². The summed E-state index contributed by atoms with van der Waals surface area (Å²) in [6.45, 7) is 3.14. The first kappa shape index (κ1) is 17.8. The lowest BCUT2D eigenvalue weighted by Crippen LogP contribution is -2.23. The van der Waals surface area contributed by atoms with Crippen LogP contribution in [-0.2, 0) is 24.1 Å². The summed E-state index contributed by atoms with van der Waals surface area (Å²) in [5.41, 5.74) is 0.732. The number of hydrogen-bond donors (Lipinski definition) is 0. The largest absolute Gasteiger partial charge is 0.416 e. The molecular formula is C17H18F3N3O. The molecule has 2 aromatic rings. The minimum Gasteiger partial charge on any atom is -0.338 e. The molecule has 7 heteroatoms. The van der Waals surface area contributed by atoms with E-state index in [1.165, 1.54) is 29.2 Å². The van der Waals surface area contributed by atoms with Crippen LogP contribution in [0.4, 0.5) is 13.2 Å². The molecule has 4 nitrogen and oxygen atoms in total. The standard InChI is InChI=1S/C17H18F3N3O/c1-3-23-12-14(10-21-23)11-22(2)16(24)9-6-13-4-7-15(8-5-13)17(18,19)20/h4-10,12H,3,11H2,1-2H3/b9-6-. The van der Waals surface area contributed by atoms with Crippen LogP contribution in [0.25, 0.3) is 6.08 Å². The van der Waals surface area contributed by atoms with Gasteiger partial charge in [0.15, 0.2) is 0 Å². The van der Waals surface area contributed by atoms with Crippen LogP contribution in [0.5, 0.6) is 0 Å². The molecule has 1 aromatic heterocycles. The molecule has 0 saturated carbocycles. The second-order valence-electron chi connectivity index (χ2n) is 5.35. The molecule has 1 heterocycles. The summed E-state index contributed by atoms with van der Waals surface area (Å²) in [5, 5.41) is 4.14. The van der Waals surface area contributed by atoms with Gasteiger partial charge in [-0.2, -0.15) is 18.3 Å². The predicted octanol–water partition coefficient (Wildman–Crippen LogP) is 3.59. The Balaban J connectivity index is 1.96. The lowest BCUT2D eigenvalue weighted by molar-refractivity contribution is -0.137. The van der Waals surface area contributed by atoms with Crippen molar-refractivity contribution < 1.29 is 18.0 Å². The number of hydrogen-bond acceptors (Lipinski definition) is 2. The second kappa shape index (κ2) is 7.33. The van der Waals surface area contributed by atoms with E-state index in [1.54, 1.807) is 17.9 Å². The monoisotopic (exact) mass is 337 g/mol. The molecular weight excluding hydrogens is 319 g/mol. The summed E-state index contributed by atoms with van der Waals surface area (Å²) in [4.78, 5) is 13.6. The molecule has 24 heavy (non-hydrogen) atoms. The molecule has 2 rings (SSSR count). The van der Waals surface area contributed by atoms with Crippen molar-refractivity contribution in [3.8, 4) is 0 Å². The van der Waals surface area contributed by atoms with Crippen LogP contribution in [0.2, 0.25) is 0 Å². The number of carbonyl (C=O) groups excluding carboxylic acids is 1. The minimum absolute atomic E-state index is 0.237. The summed E-state index contributed by atoms with van der Waals surface area (Å²) >= 11 is 0. The smallest absolute Gasteiger partial charge is 0.338 e. The average Bonchev–Trinajstić information content (AvgIpc) is 2.99. The number of nitrogens with zero attached hydrogens (tertiary/aromatic N) is 3. The van der Waals surface area contributed by atoms with Crippen molar-refractivity contribution in [1.29, 1.82) is 0 Å². The van der Waals surface area contributed by atoms with Crippen molar-refractivity contribution in [2.24, 2.45) is 0 Å². The van der Waals surface area contributed by atoms with Gasteiger partial charge in [0.05, 0.1) is 11.8 Å². The zero-order valence-electron chi connectivity index (χ0n) is 13.4. The molecule has 0 aliphatic rings. The molecule has 0 N–H and O–H groups in total. The number of amides is 1. The zero-order valence-corrected chi connectivity index (χ0v) is 13.4. The quantitative estimate of drug-likeness (QED) is 0.782. The Labute approximate surface area is 138 Å². The van der Waals surface area contributed by atoms with Crippen LogP contribution < -0.4 is 0 Å². The van der Waals surface area contributed by atoms with Gasteiger partial charge in [0.2, 0.25) is 5.91 Å². The number of rotatable bonds is 5. The SMILES string of the molecule is CCn1cc(CN(C)C(=O)/C=C\c2ccc(C(F)(F)F)cc2)cn1. The van der Waals surface area contributed by atoms with E-state index in [4.69, 9.17) is 0 Å². The van der Waals surface area contributed by atoms with E-state index in [0.717, 1.165) is 24.2 Å². The number of likely N-dealkylation sites (N-methyl/N-ethyl adjacent to an activating group) is 1. The molecule has 0 spiro atoms. The van der Waals surface area contributed by atoms with Gasteiger partial charge in [-0.15, -0.1) is 0 Å². The number of aryl methyl sites for hydroxylation is 1. The molecule has 0 aliphatic carbocycles. The van der Waals surface area contributed by atoms with Crippen LogP contribution in [-0.4, -0.2) is 27.6 Å². The van der Waals surface area contributed by atoms with Gasteiger partial charge in [-0.05, 0) is 30.7 Å². The molecule has 0 aliphatic heterocycles. The molecule has 0 bridgehead atoms. The van der Waals surface area contributed by atoms with Crippen LogP contribution in [0.15, 0.2) is 42.7 Å². The summed E-state index contributed by atoms with van der Waals surface area (Å²) < 4.78 is 39.2. The fourth-order valence-electron chi connectivity index (χ4n) is 2.09. The fourth-order valence-corrected chi connectivity index (χ4v) is 2.09. The lowest BCUT2D eigenvalue weighted by Gasteiger charge is -2.13. The van der Waals surface area contributed by atoms with Crippen LogP contribution in [0, 0.1) is 0 Å². The maximum atomic E-state index is 12.5. The Hall–Kier alpha value is -2.57.